The number of nitrogens with one attached hydrogen (secondary N) is 1. The average molecular weight is 423 g/mol. The minimum Gasteiger partial charge on any atom is -0.497 e. The molecule has 1 aliphatic rings. The van der Waals surface area contributed by atoms with Crippen LogP contribution in [0, 0.1) is 0 Å². The Balaban J connectivity index is 1.72. The van der Waals surface area contributed by atoms with E-state index in [1.165, 1.54) is 15.1 Å². The van der Waals surface area contributed by atoms with Crippen molar-refractivity contribution in [3.63, 3.8) is 0 Å². The number of piperidine rings is 1. The van der Waals surface area contributed by atoms with Gasteiger partial charge in [-0.1, -0.05) is 0 Å². The van der Waals surface area contributed by atoms with E-state index >= 15 is 0 Å². The van der Waals surface area contributed by atoms with Crippen LogP contribution >= 0.6 is 0 Å². The second-order valence-electron chi connectivity index (χ2n) is 7.09. The standard InChI is InChI=1S/C18H25N5O5S/c1-21-17(13-5-4-10-22(11-13)29(3,26)27)20-23(18(21)25)12-16(24)19-14-6-8-15(28-2)9-7-14/h6-9,13H,4-5,10-12H2,1-3H3,(H,19,24). The average Bonchev–Trinajstić information content (AvgIpc) is 2.96. The van der Waals surface area contributed by atoms with Crippen LogP contribution < -0.4 is 15.7 Å². The molecule has 0 bridgehead atoms. The Labute approximate surface area is 169 Å². The Hall–Kier alpha value is -2.66. The number of nitrogens with zero attached hydrogens (tertiary/aromatic N) is 4. The largest absolute Gasteiger partial charge is 0.497 e. The molecule has 1 aliphatic heterocycles. The summed E-state index contributed by atoms with van der Waals surface area (Å²) < 4.78 is 32.7. The fourth-order valence-electron chi connectivity index (χ4n) is 3.43. The number of sulfonamides is 1. The van der Waals surface area contributed by atoms with Gasteiger partial charge in [0.05, 0.1) is 13.4 Å². The first-order valence-electron chi connectivity index (χ1n) is 9.22. The number of hydrogen-bond acceptors (Lipinski definition) is 6. The summed E-state index contributed by atoms with van der Waals surface area (Å²) in [5.74, 6) is 0.579. The number of benzene rings is 1. The van der Waals surface area contributed by atoms with Gasteiger partial charge in [-0.2, -0.15) is 5.10 Å². The number of amides is 1. The van der Waals surface area contributed by atoms with Crippen LogP contribution in [0.1, 0.15) is 24.6 Å². The van der Waals surface area contributed by atoms with Gasteiger partial charge < -0.3 is 10.1 Å². The summed E-state index contributed by atoms with van der Waals surface area (Å²) in [6, 6.07) is 6.84. The molecule has 1 atom stereocenters. The third-order valence-electron chi connectivity index (χ3n) is 4.96. The highest BCUT2D eigenvalue weighted by atomic mass is 32.2. The van der Waals surface area contributed by atoms with E-state index in [1.807, 2.05) is 0 Å². The predicted octanol–water partition coefficient (Wildman–Crippen LogP) is 0.368. The van der Waals surface area contributed by atoms with Crippen molar-refractivity contribution >= 4 is 21.6 Å². The highest BCUT2D eigenvalue weighted by Crippen LogP contribution is 2.26. The van der Waals surface area contributed by atoms with Crippen molar-refractivity contribution in [2.45, 2.75) is 25.3 Å². The number of aromatic nitrogens is 3. The summed E-state index contributed by atoms with van der Waals surface area (Å²) in [6.45, 7) is 0.511. The van der Waals surface area contributed by atoms with Gasteiger partial charge >= 0.3 is 5.69 Å². The fourth-order valence-corrected chi connectivity index (χ4v) is 4.34. The summed E-state index contributed by atoms with van der Waals surface area (Å²) in [5.41, 5.74) is 0.164. The zero-order valence-corrected chi connectivity index (χ0v) is 17.5. The number of anilines is 1. The number of hydrogen-bond donors (Lipinski definition) is 1. The molecule has 11 heteroatoms. The molecule has 0 saturated carbocycles. The molecule has 1 unspecified atom stereocenters. The van der Waals surface area contributed by atoms with E-state index in [9.17, 15) is 18.0 Å². The van der Waals surface area contributed by atoms with Crippen LogP contribution in [0.15, 0.2) is 29.1 Å². The Kier molecular flexibility index (Phi) is 6.08. The van der Waals surface area contributed by atoms with Crippen LogP contribution in [0.25, 0.3) is 0 Å². The maximum absolute atomic E-state index is 12.5. The minimum atomic E-state index is -3.30. The molecule has 29 heavy (non-hydrogen) atoms. The Morgan fingerprint density at radius 2 is 2.00 bits per heavy atom. The molecule has 1 saturated heterocycles. The number of rotatable bonds is 6. The molecule has 10 nitrogen and oxygen atoms in total. The van der Waals surface area contributed by atoms with Gasteiger partial charge in [0.2, 0.25) is 15.9 Å². The Morgan fingerprint density at radius 1 is 1.31 bits per heavy atom. The molecule has 2 heterocycles. The van der Waals surface area contributed by atoms with Crippen LogP contribution in [0.5, 0.6) is 5.75 Å². The minimum absolute atomic E-state index is 0.193. The molecular formula is C18H25N5O5S. The lowest BCUT2D eigenvalue weighted by Crippen LogP contribution is -2.39. The smallest absolute Gasteiger partial charge is 0.346 e. The normalized spacial score (nSPS) is 17.8. The first-order chi connectivity index (χ1) is 13.7. The maximum Gasteiger partial charge on any atom is 0.346 e. The SMILES string of the molecule is COc1ccc(NC(=O)Cn2nc(C3CCCN(S(C)(=O)=O)C3)n(C)c2=O)cc1. The fraction of sp³-hybridized carbons (Fsp3) is 0.500. The summed E-state index contributed by atoms with van der Waals surface area (Å²) >= 11 is 0. The highest BCUT2D eigenvalue weighted by Gasteiger charge is 2.30. The number of ether oxygens (including phenoxy) is 1. The monoisotopic (exact) mass is 423 g/mol. The summed E-state index contributed by atoms with van der Waals surface area (Å²) in [5, 5.41) is 7.04. The van der Waals surface area contributed by atoms with E-state index in [0.717, 1.165) is 11.1 Å². The molecule has 1 amide bonds. The topological polar surface area (TPSA) is 116 Å². The quantitative estimate of drug-likeness (QED) is 0.718. The second-order valence-corrected chi connectivity index (χ2v) is 9.08. The van der Waals surface area contributed by atoms with E-state index < -0.39 is 15.7 Å². The summed E-state index contributed by atoms with van der Waals surface area (Å²) in [4.78, 5) is 24.8. The van der Waals surface area contributed by atoms with Crippen molar-refractivity contribution in [1.29, 1.82) is 0 Å². The van der Waals surface area contributed by atoms with E-state index in [4.69, 9.17) is 4.74 Å². The first kappa shape index (κ1) is 21.1. The lowest BCUT2D eigenvalue weighted by Gasteiger charge is -2.30. The molecule has 1 N–H and O–H groups in total. The van der Waals surface area contributed by atoms with E-state index in [-0.39, 0.29) is 24.9 Å². The molecule has 158 valence electrons. The van der Waals surface area contributed by atoms with Gasteiger partial charge in [0, 0.05) is 31.7 Å². The zero-order valence-electron chi connectivity index (χ0n) is 16.7. The van der Waals surface area contributed by atoms with Gasteiger partial charge in [0.25, 0.3) is 0 Å². The van der Waals surface area contributed by atoms with Crippen molar-refractivity contribution in [3.8, 4) is 5.75 Å². The van der Waals surface area contributed by atoms with Gasteiger partial charge in [-0.05, 0) is 37.1 Å². The number of carbonyl (C=O) groups excluding carboxylic acids is 1. The number of carbonyl (C=O) groups is 1. The van der Waals surface area contributed by atoms with Crippen LogP contribution in [0.4, 0.5) is 5.69 Å². The van der Waals surface area contributed by atoms with Crippen LogP contribution in [-0.2, 0) is 28.4 Å². The molecule has 3 rings (SSSR count). The van der Waals surface area contributed by atoms with Gasteiger partial charge in [-0.25, -0.2) is 22.2 Å². The third kappa shape index (κ3) is 4.85. The predicted molar refractivity (Wildman–Crippen MR) is 107 cm³/mol. The third-order valence-corrected chi connectivity index (χ3v) is 6.23. The molecule has 0 spiro atoms. The molecular weight excluding hydrogens is 398 g/mol. The van der Waals surface area contributed by atoms with Crippen molar-refractivity contribution in [2.75, 3.05) is 31.8 Å². The zero-order chi connectivity index (χ0) is 21.2. The van der Waals surface area contributed by atoms with Crippen molar-refractivity contribution < 1.29 is 17.9 Å². The Bertz CT molecular complexity index is 1040. The lowest BCUT2D eigenvalue weighted by molar-refractivity contribution is -0.117. The lowest BCUT2D eigenvalue weighted by atomic mass is 9.99. The highest BCUT2D eigenvalue weighted by molar-refractivity contribution is 7.88. The van der Waals surface area contributed by atoms with Crippen molar-refractivity contribution in [1.82, 2.24) is 18.7 Å². The van der Waals surface area contributed by atoms with Gasteiger partial charge in [0.1, 0.15) is 18.1 Å². The van der Waals surface area contributed by atoms with Gasteiger partial charge in [0.15, 0.2) is 0 Å². The van der Waals surface area contributed by atoms with Gasteiger partial charge in [-0.3, -0.25) is 9.36 Å². The first-order valence-corrected chi connectivity index (χ1v) is 11.1. The van der Waals surface area contributed by atoms with E-state index in [2.05, 4.69) is 10.4 Å². The number of methoxy groups -OCH3 is 1. The molecule has 0 aliphatic carbocycles. The maximum atomic E-state index is 12.5. The van der Waals surface area contributed by atoms with Crippen LogP contribution in [0.2, 0.25) is 0 Å². The van der Waals surface area contributed by atoms with E-state index in [0.29, 0.717) is 30.2 Å². The van der Waals surface area contributed by atoms with E-state index in [1.54, 1.807) is 38.4 Å². The van der Waals surface area contributed by atoms with Crippen molar-refractivity contribution in [2.24, 2.45) is 7.05 Å². The summed E-state index contributed by atoms with van der Waals surface area (Å²) in [7, 11) is -0.162. The van der Waals surface area contributed by atoms with Crippen LogP contribution in [0.3, 0.4) is 0 Å². The molecule has 2 aromatic rings. The molecule has 0 radical (unpaired) electrons. The van der Waals surface area contributed by atoms with Crippen molar-refractivity contribution in [3.05, 3.63) is 40.6 Å². The second kappa shape index (κ2) is 8.37. The van der Waals surface area contributed by atoms with Crippen LogP contribution in [-0.4, -0.2) is 59.4 Å². The Morgan fingerprint density at radius 3 is 2.62 bits per heavy atom. The summed E-state index contributed by atoms with van der Waals surface area (Å²) in [6.07, 6.45) is 2.60. The molecule has 1 aromatic heterocycles. The molecule has 1 fully saturated rings. The van der Waals surface area contributed by atoms with Gasteiger partial charge in [-0.15, -0.1) is 0 Å². The molecule has 1 aromatic carbocycles.